The summed E-state index contributed by atoms with van der Waals surface area (Å²) in [6, 6.07) is 1.68. The molecule has 9 atom stereocenters. The molecule has 5 rings (SSSR count). The van der Waals surface area contributed by atoms with Crippen LogP contribution in [0, 0.1) is 18.8 Å². The van der Waals surface area contributed by atoms with Crippen molar-refractivity contribution in [2.45, 2.75) is 186 Å². The summed E-state index contributed by atoms with van der Waals surface area (Å²) in [4.78, 5) is 164. The molecule has 2 aromatic carbocycles. The van der Waals surface area contributed by atoms with Gasteiger partial charge in [-0.1, -0.05) is 80.6 Å². The Balaban J connectivity index is 1.46. The van der Waals surface area contributed by atoms with E-state index in [1.165, 1.54) is 69.9 Å². The minimum atomic E-state index is -4.74. The van der Waals surface area contributed by atoms with Crippen molar-refractivity contribution in [3.63, 3.8) is 0 Å². The average Bonchev–Trinajstić information content (AvgIpc) is 2.55. The van der Waals surface area contributed by atoms with Crippen LogP contribution in [-0.4, -0.2) is 216 Å². The van der Waals surface area contributed by atoms with Crippen LogP contribution in [0.5, 0.6) is 0 Å². The van der Waals surface area contributed by atoms with Gasteiger partial charge < -0.3 is 55.6 Å². The van der Waals surface area contributed by atoms with E-state index in [0.29, 0.717) is 49.7 Å². The van der Waals surface area contributed by atoms with Crippen molar-refractivity contribution in [1.29, 1.82) is 0 Å². The van der Waals surface area contributed by atoms with Crippen molar-refractivity contribution in [3.05, 3.63) is 69.7 Å². The van der Waals surface area contributed by atoms with Gasteiger partial charge in [-0.25, -0.2) is 0 Å². The van der Waals surface area contributed by atoms with Gasteiger partial charge >= 0.3 is 6.18 Å². The van der Waals surface area contributed by atoms with Crippen molar-refractivity contribution in [1.82, 2.24) is 55.6 Å². The van der Waals surface area contributed by atoms with Crippen molar-refractivity contribution < 1.29 is 65.9 Å². The molecular weight excluding hydrogens is 1190 g/mol. The molecule has 0 aromatic heterocycles. The van der Waals surface area contributed by atoms with Gasteiger partial charge in [0, 0.05) is 80.7 Å². The predicted octanol–water partition coefficient (Wildman–Crippen LogP) is 4.50. The van der Waals surface area contributed by atoms with Crippen LogP contribution in [0.25, 0.3) is 0 Å². The molecule has 0 spiro atoms. The lowest BCUT2D eigenvalue weighted by Crippen LogP contribution is -2.58. The topological polar surface area (TPSA) is 259 Å². The molecule has 2 saturated heterocycles. The summed E-state index contributed by atoms with van der Waals surface area (Å²) in [6.07, 6.45) is -0.182. The Morgan fingerprint density at radius 2 is 1.23 bits per heavy atom. The molecule has 90 heavy (non-hydrogen) atoms. The summed E-state index contributed by atoms with van der Waals surface area (Å²) >= 11 is 6.09. The lowest BCUT2D eigenvalue weighted by Gasteiger charge is -2.35. The second-order valence-corrected chi connectivity index (χ2v) is 25.2. The van der Waals surface area contributed by atoms with E-state index in [-0.39, 0.29) is 63.4 Å². The first kappa shape index (κ1) is 73.4. The minimum absolute atomic E-state index is 0.0386. The fraction of sp³-hybridized carbons (Fsp3) is 0.641. The van der Waals surface area contributed by atoms with E-state index >= 15 is 0 Å². The van der Waals surface area contributed by atoms with Crippen LogP contribution in [0.3, 0.4) is 0 Å². The highest BCUT2D eigenvalue weighted by molar-refractivity contribution is 6.31. The number of carbonyl (C=O) groups excluding carboxylic acids is 11. The number of nitrogens with one attached hydrogen (secondary N) is 4. The maximum atomic E-state index is 14.8. The molecule has 0 radical (unpaired) electrons. The van der Waals surface area contributed by atoms with E-state index in [4.69, 9.17) is 11.6 Å². The first-order valence-corrected chi connectivity index (χ1v) is 31.6. The number of halogens is 4. The molecule has 11 amide bonds. The second-order valence-electron chi connectivity index (χ2n) is 24.8. The third kappa shape index (κ3) is 19.6. The van der Waals surface area contributed by atoms with Crippen molar-refractivity contribution in [2.24, 2.45) is 11.8 Å². The maximum Gasteiger partial charge on any atom is 0.417 e. The molecular formula is C64H93ClF3N11O11. The predicted molar refractivity (Wildman–Crippen MR) is 332 cm³/mol. The Morgan fingerprint density at radius 1 is 0.622 bits per heavy atom. The number of amides is 11. The van der Waals surface area contributed by atoms with E-state index in [1.54, 1.807) is 33.0 Å². The SMILES string of the molecule is CC[C@H](C)[C@@H]1NC(=O)[C@H](C)N(C)C(=O)C[C@@H](C)NC(=O)[C@H](C2CCCC2)N(C)C(=O)CCCCNC(=O)[C@@H]2CCCN2C(=O)[C@H](CCc2ccc(C(F)(F)F)c(Cl)c2)NC(=O)[C@@H](C)N(C)C(=O)[C@H](Cc2ccc(C)cc2)N(C)C(=O)CN(C)C(=O)CN(C)C1=O. The van der Waals surface area contributed by atoms with Crippen LogP contribution in [0.2, 0.25) is 5.02 Å². The zero-order valence-electron chi connectivity index (χ0n) is 54.2. The quantitative estimate of drug-likeness (QED) is 0.286. The molecule has 0 bridgehead atoms. The maximum absolute atomic E-state index is 14.8. The lowest BCUT2D eigenvalue weighted by molar-refractivity contribution is -0.149. The molecule has 3 aliphatic rings. The number of likely N-dealkylation sites (N-methyl/N-ethyl adjacent to an activating group) is 6. The summed E-state index contributed by atoms with van der Waals surface area (Å²) in [7, 11) is 8.47. The van der Waals surface area contributed by atoms with Crippen molar-refractivity contribution >= 4 is 76.6 Å². The molecule has 26 heteroatoms. The molecule has 2 aromatic rings. The number of aryl methyl sites for hydroxylation is 2. The fourth-order valence-electron chi connectivity index (χ4n) is 11.6. The number of nitrogens with zero attached hydrogens (tertiary/aromatic N) is 7. The third-order valence-corrected chi connectivity index (χ3v) is 18.4. The van der Waals surface area contributed by atoms with Crippen LogP contribution in [0.4, 0.5) is 13.2 Å². The summed E-state index contributed by atoms with van der Waals surface area (Å²) in [5, 5.41) is 10.8. The van der Waals surface area contributed by atoms with Crippen LogP contribution in [0.1, 0.15) is 134 Å². The Kier molecular flexibility index (Phi) is 27.0. The number of hydrogen-bond acceptors (Lipinski definition) is 11. The van der Waals surface area contributed by atoms with Crippen LogP contribution in [0.15, 0.2) is 42.5 Å². The number of alkyl halides is 3. The normalized spacial score (nSPS) is 25.9. The smallest absolute Gasteiger partial charge is 0.354 e. The highest BCUT2D eigenvalue weighted by atomic mass is 35.5. The third-order valence-electron chi connectivity index (χ3n) is 18.1. The Hall–Kier alpha value is -7.31. The van der Waals surface area contributed by atoms with Crippen molar-refractivity contribution in [2.75, 3.05) is 68.5 Å². The largest absolute Gasteiger partial charge is 0.417 e. The standard InChI is InChI=1S/C64H93ClF3N11O11/c1-13-39(3)55-63(90)74(8)36-53(82)73(7)37-54(83)77(11)50(35-44-25-23-38(2)24-26-44)62(89)76(10)42(6)57(84)71-48(30-28-43-27-29-46(47(65)34-43)64(66,67)68)61(88)79-32-18-21-49(79)59(86)69-31-17-16-22-51(80)78(12)56(45-19-14-15-20-45)60(87)70-40(4)33-52(81)75(9)41(5)58(85)72-55/h23-27,29,34,39-42,45,48-50,55-56H,13-22,28,30-33,35-37H2,1-12H3,(H,69,86)(H,70,87)(H,71,84)(H,72,85)/t39-,40+,41-,42+,48-,49-,50-,55-,56-/m0/s1. The highest BCUT2D eigenvalue weighted by Crippen LogP contribution is 2.36. The molecule has 1 saturated carbocycles. The van der Waals surface area contributed by atoms with E-state index in [9.17, 15) is 65.9 Å². The Bertz CT molecular complexity index is 2910. The highest BCUT2D eigenvalue weighted by Gasteiger charge is 2.42. The van der Waals surface area contributed by atoms with Gasteiger partial charge in [0.2, 0.25) is 65.0 Å². The summed E-state index contributed by atoms with van der Waals surface area (Å²) in [5.41, 5.74) is 0.832. The average molecular weight is 1280 g/mol. The molecule has 0 unspecified atom stereocenters. The molecule has 3 fully saturated rings. The second kappa shape index (κ2) is 33.1. The first-order chi connectivity index (χ1) is 42.3. The summed E-state index contributed by atoms with van der Waals surface area (Å²) in [6.45, 7) is 9.19. The number of rotatable bonds is 8. The van der Waals surface area contributed by atoms with Gasteiger partial charge in [0.1, 0.15) is 42.3 Å². The fourth-order valence-corrected chi connectivity index (χ4v) is 11.9. The van der Waals surface area contributed by atoms with Crippen LogP contribution < -0.4 is 21.3 Å². The number of benzene rings is 2. The summed E-state index contributed by atoms with van der Waals surface area (Å²) < 4.78 is 41.1. The molecule has 22 nitrogen and oxygen atoms in total. The number of carbonyl (C=O) groups is 11. The van der Waals surface area contributed by atoms with Gasteiger partial charge in [-0.2, -0.15) is 13.2 Å². The van der Waals surface area contributed by atoms with Gasteiger partial charge in [-0.15, -0.1) is 0 Å². The number of fused-ring (bicyclic) bond motifs is 1. The monoisotopic (exact) mass is 1280 g/mol. The van der Waals surface area contributed by atoms with Crippen molar-refractivity contribution in [3.8, 4) is 0 Å². The van der Waals surface area contributed by atoms with Crippen LogP contribution in [-0.2, 0) is 71.8 Å². The van der Waals surface area contributed by atoms with Gasteiger partial charge in [0.25, 0.3) is 0 Å². The first-order valence-electron chi connectivity index (χ1n) is 31.2. The van der Waals surface area contributed by atoms with E-state index in [0.717, 1.165) is 50.1 Å². The van der Waals surface area contributed by atoms with Gasteiger partial charge in [0.15, 0.2) is 0 Å². The van der Waals surface area contributed by atoms with Gasteiger partial charge in [0.05, 0.1) is 23.7 Å². The lowest BCUT2D eigenvalue weighted by atomic mass is 9.95. The zero-order valence-corrected chi connectivity index (χ0v) is 54.9. The Labute approximate surface area is 532 Å². The van der Waals surface area contributed by atoms with E-state index in [2.05, 4.69) is 21.3 Å². The van der Waals surface area contributed by atoms with E-state index < -0.39 is 143 Å². The summed E-state index contributed by atoms with van der Waals surface area (Å²) in [5.74, 6) is -7.04. The van der Waals surface area contributed by atoms with Gasteiger partial charge in [-0.3, -0.25) is 52.7 Å². The molecule has 498 valence electrons. The molecule has 4 N–H and O–H groups in total. The van der Waals surface area contributed by atoms with E-state index in [1.807, 2.05) is 26.0 Å². The zero-order chi connectivity index (χ0) is 67.1. The minimum Gasteiger partial charge on any atom is -0.354 e. The van der Waals surface area contributed by atoms with Crippen LogP contribution >= 0.6 is 11.6 Å². The number of hydrogen-bond donors (Lipinski definition) is 4. The Morgan fingerprint density at radius 3 is 1.86 bits per heavy atom. The molecule has 2 aliphatic heterocycles. The van der Waals surface area contributed by atoms with Gasteiger partial charge in [-0.05, 0) is 114 Å². The molecule has 1 aliphatic carbocycles. The molecule has 2 heterocycles.